The summed E-state index contributed by atoms with van der Waals surface area (Å²) in [6.07, 6.45) is 1.49. The average molecular weight is 321 g/mol. The van der Waals surface area contributed by atoms with E-state index in [1.54, 1.807) is 13.0 Å². The van der Waals surface area contributed by atoms with Crippen molar-refractivity contribution in [2.45, 2.75) is 6.92 Å². The van der Waals surface area contributed by atoms with Crippen LogP contribution in [0.15, 0.2) is 16.7 Å². The van der Waals surface area contributed by atoms with Gasteiger partial charge in [0.2, 0.25) is 5.91 Å². The van der Waals surface area contributed by atoms with E-state index in [9.17, 15) is 9.59 Å². The molecule has 5 nitrogen and oxygen atoms in total. The van der Waals surface area contributed by atoms with Gasteiger partial charge in [0, 0.05) is 17.2 Å². The smallest absolute Gasteiger partial charge is 0.254 e. The standard InChI is InChI=1S/C10H11BrClN3O2/c1-2-13-8(16)5-15-10(17)7-3-6(11)4-14-9(7)12/h3-4H,2,5H2,1H3,(H,13,16)(H,15,17). The van der Waals surface area contributed by atoms with Crippen molar-refractivity contribution >= 4 is 39.3 Å². The summed E-state index contributed by atoms with van der Waals surface area (Å²) in [6.45, 7) is 2.23. The number of nitrogens with zero attached hydrogens (tertiary/aromatic N) is 1. The maximum Gasteiger partial charge on any atom is 0.254 e. The molecule has 0 aliphatic heterocycles. The summed E-state index contributed by atoms with van der Waals surface area (Å²) >= 11 is 8.96. The van der Waals surface area contributed by atoms with E-state index in [1.807, 2.05) is 0 Å². The Morgan fingerprint density at radius 2 is 2.18 bits per heavy atom. The number of rotatable bonds is 4. The van der Waals surface area contributed by atoms with E-state index in [0.717, 1.165) is 0 Å². The van der Waals surface area contributed by atoms with E-state index in [-0.39, 0.29) is 23.2 Å². The van der Waals surface area contributed by atoms with Gasteiger partial charge in [-0.3, -0.25) is 9.59 Å². The Balaban J connectivity index is 2.64. The molecule has 0 aliphatic rings. The lowest BCUT2D eigenvalue weighted by Gasteiger charge is -2.06. The van der Waals surface area contributed by atoms with Crippen LogP contribution in [0.3, 0.4) is 0 Å². The van der Waals surface area contributed by atoms with E-state index < -0.39 is 5.91 Å². The normalized spacial score (nSPS) is 9.82. The first kappa shape index (κ1) is 13.9. The molecule has 0 radical (unpaired) electrons. The van der Waals surface area contributed by atoms with Crippen LogP contribution in [-0.4, -0.2) is 29.9 Å². The molecule has 0 unspecified atom stereocenters. The monoisotopic (exact) mass is 319 g/mol. The molecule has 0 saturated carbocycles. The van der Waals surface area contributed by atoms with Crippen molar-refractivity contribution < 1.29 is 9.59 Å². The van der Waals surface area contributed by atoms with Crippen molar-refractivity contribution in [3.05, 3.63) is 27.5 Å². The van der Waals surface area contributed by atoms with Crippen LogP contribution < -0.4 is 10.6 Å². The lowest BCUT2D eigenvalue weighted by molar-refractivity contribution is -0.120. The summed E-state index contributed by atoms with van der Waals surface area (Å²) in [4.78, 5) is 26.7. The Kier molecular flexibility index (Phi) is 5.37. The van der Waals surface area contributed by atoms with Crippen molar-refractivity contribution in [2.24, 2.45) is 0 Å². The highest BCUT2D eigenvalue weighted by Gasteiger charge is 2.12. The first-order chi connectivity index (χ1) is 8.04. The number of hydrogen-bond acceptors (Lipinski definition) is 3. The third-order valence-electron chi connectivity index (χ3n) is 1.83. The minimum Gasteiger partial charge on any atom is -0.355 e. The van der Waals surface area contributed by atoms with Crippen molar-refractivity contribution in [3.63, 3.8) is 0 Å². The predicted octanol–water partition coefficient (Wildman–Crippen LogP) is 1.36. The molecule has 1 rings (SSSR count). The number of hydrogen-bond donors (Lipinski definition) is 2. The van der Waals surface area contributed by atoms with Crippen LogP contribution in [0, 0.1) is 0 Å². The summed E-state index contributed by atoms with van der Waals surface area (Å²) in [5, 5.41) is 5.12. The molecular formula is C10H11BrClN3O2. The van der Waals surface area contributed by atoms with Gasteiger partial charge >= 0.3 is 0 Å². The van der Waals surface area contributed by atoms with Gasteiger partial charge in [-0.15, -0.1) is 0 Å². The first-order valence-corrected chi connectivity index (χ1v) is 6.07. The highest BCUT2D eigenvalue weighted by molar-refractivity contribution is 9.10. The Labute approximate surface area is 112 Å². The van der Waals surface area contributed by atoms with Gasteiger partial charge in [0.05, 0.1) is 12.1 Å². The van der Waals surface area contributed by atoms with E-state index >= 15 is 0 Å². The maximum absolute atomic E-state index is 11.7. The van der Waals surface area contributed by atoms with Crippen LogP contribution in [0.4, 0.5) is 0 Å². The first-order valence-electron chi connectivity index (χ1n) is 4.90. The molecule has 0 aromatic carbocycles. The molecule has 0 spiro atoms. The van der Waals surface area contributed by atoms with Crippen molar-refractivity contribution in [1.82, 2.24) is 15.6 Å². The zero-order valence-electron chi connectivity index (χ0n) is 9.09. The van der Waals surface area contributed by atoms with Crippen LogP contribution in [-0.2, 0) is 4.79 Å². The van der Waals surface area contributed by atoms with Gasteiger partial charge in [0.1, 0.15) is 5.15 Å². The number of aromatic nitrogens is 1. The second-order valence-corrected chi connectivity index (χ2v) is 4.40. The van der Waals surface area contributed by atoms with Crippen LogP contribution in [0.1, 0.15) is 17.3 Å². The second kappa shape index (κ2) is 6.56. The van der Waals surface area contributed by atoms with Gasteiger partial charge in [0.15, 0.2) is 0 Å². The zero-order chi connectivity index (χ0) is 12.8. The number of carbonyl (C=O) groups is 2. The Morgan fingerprint density at radius 3 is 2.82 bits per heavy atom. The van der Waals surface area contributed by atoms with Gasteiger partial charge in [0.25, 0.3) is 5.91 Å². The minimum atomic E-state index is -0.435. The van der Waals surface area contributed by atoms with Crippen LogP contribution >= 0.6 is 27.5 Å². The Bertz CT molecular complexity index is 440. The number of nitrogens with one attached hydrogen (secondary N) is 2. The Morgan fingerprint density at radius 1 is 1.47 bits per heavy atom. The van der Waals surface area contributed by atoms with Crippen molar-refractivity contribution in [2.75, 3.05) is 13.1 Å². The highest BCUT2D eigenvalue weighted by atomic mass is 79.9. The van der Waals surface area contributed by atoms with Gasteiger partial charge < -0.3 is 10.6 Å². The lowest BCUT2D eigenvalue weighted by atomic mass is 10.2. The fraction of sp³-hybridized carbons (Fsp3) is 0.300. The molecule has 7 heteroatoms. The third-order valence-corrected chi connectivity index (χ3v) is 2.57. The molecule has 1 heterocycles. The van der Waals surface area contributed by atoms with Crippen molar-refractivity contribution in [1.29, 1.82) is 0 Å². The van der Waals surface area contributed by atoms with Crippen LogP contribution in [0.2, 0.25) is 5.15 Å². The molecule has 0 fully saturated rings. The predicted molar refractivity (Wildman–Crippen MR) is 68.0 cm³/mol. The summed E-state index contributed by atoms with van der Waals surface area (Å²) in [5.74, 6) is -0.685. The lowest BCUT2D eigenvalue weighted by Crippen LogP contribution is -2.36. The van der Waals surface area contributed by atoms with Crippen molar-refractivity contribution in [3.8, 4) is 0 Å². The third kappa shape index (κ3) is 4.32. The molecule has 0 aliphatic carbocycles. The molecular weight excluding hydrogens is 309 g/mol. The summed E-state index contributed by atoms with van der Waals surface area (Å²) < 4.78 is 0.644. The number of pyridine rings is 1. The quantitative estimate of drug-likeness (QED) is 0.823. The molecule has 2 N–H and O–H groups in total. The number of likely N-dealkylation sites (N-methyl/N-ethyl adjacent to an activating group) is 1. The Hall–Kier alpha value is -1.14. The molecule has 17 heavy (non-hydrogen) atoms. The van der Waals surface area contributed by atoms with Gasteiger partial charge in [-0.25, -0.2) is 4.98 Å². The van der Waals surface area contributed by atoms with Crippen LogP contribution in [0.25, 0.3) is 0 Å². The topological polar surface area (TPSA) is 71.1 Å². The maximum atomic E-state index is 11.7. The van der Waals surface area contributed by atoms with E-state index in [1.165, 1.54) is 6.20 Å². The fourth-order valence-electron chi connectivity index (χ4n) is 1.10. The average Bonchev–Trinajstić information content (AvgIpc) is 2.29. The molecule has 1 aromatic heterocycles. The number of halogens is 2. The number of amides is 2. The number of carbonyl (C=O) groups excluding carboxylic acids is 2. The van der Waals surface area contributed by atoms with E-state index in [0.29, 0.717) is 11.0 Å². The minimum absolute atomic E-state index is 0.0878. The molecule has 0 saturated heterocycles. The summed E-state index contributed by atoms with van der Waals surface area (Å²) in [7, 11) is 0. The summed E-state index contributed by atoms with van der Waals surface area (Å²) in [5.41, 5.74) is 0.227. The molecule has 0 bridgehead atoms. The van der Waals surface area contributed by atoms with E-state index in [4.69, 9.17) is 11.6 Å². The molecule has 92 valence electrons. The fourth-order valence-corrected chi connectivity index (χ4v) is 1.62. The van der Waals surface area contributed by atoms with Gasteiger partial charge in [-0.2, -0.15) is 0 Å². The summed E-state index contributed by atoms with van der Waals surface area (Å²) in [6, 6.07) is 1.54. The molecule has 2 amide bonds. The molecule has 0 atom stereocenters. The second-order valence-electron chi connectivity index (χ2n) is 3.13. The van der Waals surface area contributed by atoms with E-state index in [2.05, 4.69) is 31.5 Å². The highest BCUT2D eigenvalue weighted by Crippen LogP contribution is 2.17. The molecule has 1 aromatic rings. The van der Waals surface area contributed by atoms with Gasteiger partial charge in [-0.1, -0.05) is 11.6 Å². The zero-order valence-corrected chi connectivity index (χ0v) is 11.4. The largest absolute Gasteiger partial charge is 0.355 e. The van der Waals surface area contributed by atoms with Gasteiger partial charge in [-0.05, 0) is 28.9 Å². The SMILES string of the molecule is CCNC(=O)CNC(=O)c1cc(Br)cnc1Cl. The van der Waals surface area contributed by atoms with Crippen LogP contribution in [0.5, 0.6) is 0 Å².